The van der Waals surface area contributed by atoms with Gasteiger partial charge in [-0.05, 0) is 23.8 Å². The minimum atomic E-state index is -0.679. The summed E-state index contributed by atoms with van der Waals surface area (Å²) in [5, 5.41) is 17.8. The molecule has 0 aliphatic heterocycles. The van der Waals surface area contributed by atoms with Gasteiger partial charge in [-0.15, -0.1) is 5.10 Å². The number of nitrogens with zero attached hydrogens (tertiary/aromatic N) is 3. The van der Waals surface area contributed by atoms with Gasteiger partial charge in [0.05, 0.1) is 13.3 Å². The second-order valence-corrected chi connectivity index (χ2v) is 4.85. The van der Waals surface area contributed by atoms with Crippen LogP contribution in [0, 0.1) is 0 Å². The van der Waals surface area contributed by atoms with Gasteiger partial charge in [0.2, 0.25) is 0 Å². The number of aliphatic hydroxyl groups is 1. The molecule has 1 aromatic heterocycles. The lowest BCUT2D eigenvalue weighted by Gasteiger charge is -2.10. The maximum Gasteiger partial charge on any atom is 0.119 e. The van der Waals surface area contributed by atoms with Crippen LogP contribution >= 0.6 is 15.9 Å². The number of hydrogen-bond acceptors (Lipinski definition) is 4. The van der Waals surface area contributed by atoms with E-state index in [1.54, 1.807) is 25.0 Å². The van der Waals surface area contributed by atoms with Crippen LogP contribution in [0.5, 0.6) is 5.75 Å². The first-order valence-corrected chi connectivity index (χ1v) is 6.26. The van der Waals surface area contributed by atoms with Gasteiger partial charge in [0.25, 0.3) is 0 Å². The van der Waals surface area contributed by atoms with Crippen molar-refractivity contribution in [3.63, 3.8) is 0 Å². The summed E-state index contributed by atoms with van der Waals surface area (Å²) < 4.78 is 7.67. The zero-order chi connectivity index (χ0) is 13.1. The standard InChI is InChI=1S/C12H14BrN3O2/c1-16-7-11(14-15-16)12(17)6-8-5-9(18-2)3-4-10(8)13/h3-5,7,12,17H,6H2,1-2H3. The van der Waals surface area contributed by atoms with Crippen molar-refractivity contribution in [2.45, 2.75) is 12.5 Å². The number of methoxy groups -OCH3 is 1. The zero-order valence-corrected chi connectivity index (χ0v) is 11.8. The molecule has 5 nitrogen and oxygen atoms in total. The minimum Gasteiger partial charge on any atom is -0.497 e. The molecule has 0 saturated carbocycles. The van der Waals surface area contributed by atoms with Gasteiger partial charge in [0.1, 0.15) is 17.5 Å². The van der Waals surface area contributed by atoms with Gasteiger partial charge in [-0.25, -0.2) is 0 Å². The van der Waals surface area contributed by atoms with E-state index in [9.17, 15) is 5.11 Å². The first-order chi connectivity index (χ1) is 8.60. The Morgan fingerprint density at radius 2 is 2.28 bits per heavy atom. The first kappa shape index (κ1) is 13.0. The number of aliphatic hydroxyl groups excluding tert-OH is 1. The van der Waals surface area contributed by atoms with E-state index in [-0.39, 0.29) is 0 Å². The van der Waals surface area contributed by atoms with Crippen LogP contribution in [-0.2, 0) is 13.5 Å². The van der Waals surface area contributed by atoms with Crippen LogP contribution in [0.4, 0.5) is 0 Å². The first-order valence-electron chi connectivity index (χ1n) is 5.47. The van der Waals surface area contributed by atoms with Gasteiger partial charge in [0, 0.05) is 17.9 Å². The average Bonchev–Trinajstić information content (AvgIpc) is 2.79. The second kappa shape index (κ2) is 5.49. The number of benzene rings is 1. The van der Waals surface area contributed by atoms with Crippen molar-refractivity contribution in [2.75, 3.05) is 7.11 Å². The van der Waals surface area contributed by atoms with Crippen molar-refractivity contribution in [2.24, 2.45) is 7.05 Å². The van der Waals surface area contributed by atoms with Crippen molar-refractivity contribution in [1.82, 2.24) is 15.0 Å². The third-order valence-corrected chi connectivity index (χ3v) is 3.40. The van der Waals surface area contributed by atoms with E-state index in [4.69, 9.17) is 4.74 Å². The maximum absolute atomic E-state index is 10.1. The Bertz CT molecular complexity index is 542. The monoisotopic (exact) mass is 311 g/mol. The third-order valence-electron chi connectivity index (χ3n) is 2.63. The van der Waals surface area contributed by atoms with E-state index in [1.807, 2.05) is 18.2 Å². The fourth-order valence-electron chi connectivity index (χ4n) is 1.67. The molecule has 2 aromatic rings. The number of aryl methyl sites for hydroxylation is 1. The highest BCUT2D eigenvalue weighted by atomic mass is 79.9. The molecule has 0 saturated heterocycles. The Hall–Kier alpha value is -1.40. The molecule has 2 rings (SSSR count). The predicted octanol–water partition coefficient (Wildman–Crippen LogP) is 1.86. The Labute approximate surface area is 114 Å². The van der Waals surface area contributed by atoms with Gasteiger partial charge in [0.15, 0.2) is 0 Å². The minimum absolute atomic E-state index is 0.455. The fraction of sp³-hybridized carbons (Fsp3) is 0.333. The normalized spacial score (nSPS) is 12.4. The van der Waals surface area contributed by atoms with E-state index < -0.39 is 6.10 Å². The summed E-state index contributed by atoms with van der Waals surface area (Å²) in [5.41, 5.74) is 1.53. The molecule has 0 spiro atoms. The topological polar surface area (TPSA) is 60.2 Å². The number of ether oxygens (including phenoxy) is 1. The number of rotatable bonds is 4. The Morgan fingerprint density at radius 3 is 2.89 bits per heavy atom. The van der Waals surface area contributed by atoms with Gasteiger partial charge >= 0.3 is 0 Å². The van der Waals surface area contributed by atoms with Crippen molar-refractivity contribution >= 4 is 15.9 Å². The molecule has 6 heteroatoms. The quantitative estimate of drug-likeness (QED) is 0.936. The smallest absolute Gasteiger partial charge is 0.119 e. The Kier molecular flexibility index (Phi) is 3.98. The SMILES string of the molecule is COc1ccc(Br)c(CC(O)c2cn(C)nn2)c1. The number of halogens is 1. The number of hydrogen-bond donors (Lipinski definition) is 1. The molecule has 0 aliphatic carbocycles. The summed E-state index contributed by atoms with van der Waals surface area (Å²) >= 11 is 3.46. The molecule has 0 aliphatic rings. The highest BCUT2D eigenvalue weighted by Gasteiger charge is 2.14. The molecule has 0 radical (unpaired) electrons. The van der Waals surface area contributed by atoms with Gasteiger partial charge < -0.3 is 9.84 Å². The van der Waals surface area contributed by atoms with Crippen molar-refractivity contribution in [3.8, 4) is 5.75 Å². The van der Waals surface area contributed by atoms with E-state index >= 15 is 0 Å². The highest BCUT2D eigenvalue weighted by molar-refractivity contribution is 9.10. The molecule has 1 N–H and O–H groups in total. The van der Waals surface area contributed by atoms with Crippen LogP contribution < -0.4 is 4.74 Å². The lowest BCUT2D eigenvalue weighted by atomic mass is 10.1. The lowest BCUT2D eigenvalue weighted by Crippen LogP contribution is -2.03. The zero-order valence-electron chi connectivity index (χ0n) is 10.2. The summed E-state index contributed by atoms with van der Waals surface area (Å²) in [6.07, 6.45) is 1.48. The van der Waals surface area contributed by atoms with Crippen molar-refractivity contribution < 1.29 is 9.84 Å². The molecule has 1 aromatic carbocycles. The van der Waals surface area contributed by atoms with E-state index in [0.717, 1.165) is 15.8 Å². The fourth-order valence-corrected chi connectivity index (χ4v) is 2.07. The summed E-state index contributed by atoms with van der Waals surface area (Å²) in [6, 6.07) is 5.66. The number of aromatic nitrogens is 3. The van der Waals surface area contributed by atoms with Gasteiger partial charge in [-0.3, -0.25) is 4.68 Å². The maximum atomic E-state index is 10.1. The molecular weight excluding hydrogens is 298 g/mol. The molecular formula is C12H14BrN3O2. The summed E-state index contributed by atoms with van der Waals surface area (Å²) in [4.78, 5) is 0. The Balaban J connectivity index is 2.18. The molecule has 0 fully saturated rings. The third kappa shape index (κ3) is 2.88. The van der Waals surface area contributed by atoms with Gasteiger partial charge in [-0.1, -0.05) is 21.1 Å². The van der Waals surface area contributed by atoms with Crippen molar-refractivity contribution in [3.05, 3.63) is 40.1 Å². The van der Waals surface area contributed by atoms with E-state index in [0.29, 0.717) is 12.1 Å². The average molecular weight is 312 g/mol. The molecule has 0 amide bonds. The predicted molar refractivity (Wildman–Crippen MR) is 70.4 cm³/mol. The van der Waals surface area contributed by atoms with E-state index in [1.165, 1.54) is 0 Å². The molecule has 0 bridgehead atoms. The molecule has 18 heavy (non-hydrogen) atoms. The van der Waals surface area contributed by atoms with Crippen LogP contribution in [-0.4, -0.2) is 27.2 Å². The second-order valence-electron chi connectivity index (χ2n) is 3.99. The van der Waals surface area contributed by atoms with Crippen molar-refractivity contribution in [1.29, 1.82) is 0 Å². The Morgan fingerprint density at radius 1 is 1.50 bits per heavy atom. The largest absolute Gasteiger partial charge is 0.497 e. The van der Waals surface area contributed by atoms with Crippen LogP contribution in [0.2, 0.25) is 0 Å². The lowest BCUT2D eigenvalue weighted by molar-refractivity contribution is 0.173. The van der Waals surface area contributed by atoms with Crippen LogP contribution in [0.15, 0.2) is 28.9 Å². The summed E-state index contributed by atoms with van der Waals surface area (Å²) in [5.74, 6) is 0.763. The summed E-state index contributed by atoms with van der Waals surface area (Å²) in [7, 11) is 3.39. The molecule has 96 valence electrons. The van der Waals surface area contributed by atoms with Crippen LogP contribution in [0.25, 0.3) is 0 Å². The van der Waals surface area contributed by atoms with Crippen LogP contribution in [0.1, 0.15) is 17.4 Å². The molecule has 1 heterocycles. The van der Waals surface area contributed by atoms with Crippen LogP contribution in [0.3, 0.4) is 0 Å². The highest BCUT2D eigenvalue weighted by Crippen LogP contribution is 2.26. The van der Waals surface area contributed by atoms with E-state index in [2.05, 4.69) is 26.2 Å². The summed E-state index contributed by atoms with van der Waals surface area (Å²) in [6.45, 7) is 0. The molecule has 1 atom stereocenters. The van der Waals surface area contributed by atoms with Gasteiger partial charge in [-0.2, -0.15) is 0 Å². The molecule has 1 unspecified atom stereocenters.